The molecule has 0 aliphatic carbocycles. The fourth-order valence-corrected chi connectivity index (χ4v) is 2.37. The topological polar surface area (TPSA) is 59.0 Å². The molecule has 22 heavy (non-hydrogen) atoms. The number of rotatable bonds is 3. The van der Waals surface area contributed by atoms with Gasteiger partial charge in [-0.1, -0.05) is 65.1 Å². The van der Waals surface area contributed by atoms with Crippen LogP contribution in [0.5, 0.6) is 0 Å². The minimum atomic E-state index is -1.67. The molecule has 2 rings (SSSR count). The molecular formula is C14H16Cl3NO4. The fourth-order valence-electron chi connectivity index (χ4n) is 2.21. The number of benzene rings is 1. The SMILES string of the molecule is O=C(OCC(Cl)(Cl)Cl)N1CC(CO)OCC1c1ccccc1. The van der Waals surface area contributed by atoms with Gasteiger partial charge in [0, 0.05) is 0 Å². The van der Waals surface area contributed by atoms with E-state index in [0.29, 0.717) is 0 Å². The molecule has 122 valence electrons. The molecule has 1 aliphatic rings. The summed E-state index contributed by atoms with van der Waals surface area (Å²) in [5.41, 5.74) is 0.907. The number of aliphatic hydroxyl groups excluding tert-OH is 1. The third-order valence-electron chi connectivity index (χ3n) is 3.25. The number of amides is 1. The molecule has 0 radical (unpaired) electrons. The highest BCUT2D eigenvalue weighted by atomic mass is 35.6. The van der Waals surface area contributed by atoms with Gasteiger partial charge < -0.3 is 14.6 Å². The van der Waals surface area contributed by atoms with Crippen LogP contribution in [-0.2, 0) is 9.47 Å². The summed E-state index contributed by atoms with van der Waals surface area (Å²) in [5.74, 6) is 0. The quantitative estimate of drug-likeness (QED) is 0.834. The van der Waals surface area contributed by atoms with Gasteiger partial charge in [-0.05, 0) is 5.56 Å². The Labute approximate surface area is 143 Å². The van der Waals surface area contributed by atoms with Gasteiger partial charge in [0.2, 0.25) is 3.79 Å². The van der Waals surface area contributed by atoms with E-state index in [0.717, 1.165) is 5.56 Å². The molecule has 1 aromatic carbocycles. The molecule has 5 nitrogen and oxygen atoms in total. The zero-order chi connectivity index (χ0) is 16.2. The lowest BCUT2D eigenvalue weighted by Gasteiger charge is -2.38. The van der Waals surface area contributed by atoms with E-state index in [9.17, 15) is 9.90 Å². The lowest BCUT2D eigenvalue weighted by Crippen LogP contribution is -2.49. The van der Waals surface area contributed by atoms with Crippen LogP contribution in [0.3, 0.4) is 0 Å². The number of carbonyl (C=O) groups is 1. The third-order valence-corrected chi connectivity index (χ3v) is 3.58. The third kappa shape index (κ3) is 4.89. The Kier molecular flexibility index (Phi) is 6.17. The van der Waals surface area contributed by atoms with Gasteiger partial charge in [-0.15, -0.1) is 0 Å². The lowest BCUT2D eigenvalue weighted by molar-refractivity contribution is -0.0775. The molecule has 1 heterocycles. The molecule has 2 atom stereocenters. The van der Waals surface area contributed by atoms with E-state index < -0.39 is 16.0 Å². The normalized spacial score (nSPS) is 22.5. The van der Waals surface area contributed by atoms with Crippen molar-refractivity contribution in [2.24, 2.45) is 0 Å². The minimum absolute atomic E-state index is 0.185. The van der Waals surface area contributed by atoms with Crippen LogP contribution in [0.25, 0.3) is 0 Å². The number of alkyl halides is 3. The standard InChI is InChI=1S/C14H16Cl3NO4/c15-14(16,17)9-22-13(20)18-6-11(7-19)21-8-12(18)10-4-2-1-3-5-10/h1-5,11-12,19H,6-9H2. The number of aliphatic hydroxyl groups is 1. The smallest absolute Gasteiger partial charge is 0.410 e. The second-order valence-corrected chi connectivity index (χ2v) is 7.40. The van der Waals surface area contributed by atoms with Crippen molar-refractivity contribution in [3.05, 3.63) is 35.9 Å². The van der Waals surface area contributed by atoms with Crippen molar-refractivity contribution in [3.8, 4) is 0 Å². The zero-order valence-electron chi connectivity index (χ0n) is 11.6. The van der Waals surface area contributed by atoms with E-state index in [1.807, 2.05) is 30.3 Å². The van der Waals surface area contributed by atoms with E-state index in [4.69, 9.17) is 44.3 Å². The molecule has 1 aliphatic heterocycles. The van der Waals surface area contributed by atoms with Crippen LogP contribution in [0.2, 0.25) is 0 Å². The lowest BCUT2D eigenvalue weighted by atomic mass is 10.0. The Hall–Kier alpha value is -0.720. The average Bonchev–Trinajstić information content (AvgIpc) is 2.52. The molecule has 2 unspecified atom stereocenters. The molecule has 1 aromatic rings. The Morgan fingerprint density at radius 3 is 2.64 bits per heavy atom. The maximum absolute atomic E-state index is 12.3. The molecule has 1 fully saturated rings. The summed E-state index contributed by atoms with van der Waals surface area (Å²) in [6, 6.07) is 9.10. The molecule has 0 aromatic heterocycles. The van der Waals surface area contributed by atoms with Gasteiger partial charge in [0.25, 0.3) is 0 Å². The maximum atomic E-state index is 12.3. The van der Waals surface area contributed by atoms with Crippen molar-refractivity contribution >= 4 is 40.9 Å². The van der Waals surface area contributed by atoms with E-state index >= 15 is 0 Å². The largest absolute Gasteiger partial charge is 0.445 e. The number of halogens is 3. The van der Waals surface area contributed by atoms with Crippen molar-refractivity contribution in [1.29, 1.82) is 0 Å². The maximum Gasteiger partial charge on any atom is 0.410 e. The molecule has 0 spiro atoms. The van der Waals surface area contributed by atoms with Crippen LogP contribution in [0.4, 0.5) is 4.79 Å². The molecule has 0 saturated carbocycles. The molecule has 0 bridgehead atoms. The van der Waals surface area contributed by atoms with Gasteiger partial charge in [0.1, 0.15) is 6.61 Å². The first-order valence-corrected chi connectivity index (χ1v) is 7.81. The van der Waals surface area contributed by atoms with Gasteiger partial charge >= 0.3 is 6.09 Å². The van der Waals surface area contributed by atoms with Crippen LogP contribution < -0.4 is 0 Å². The second-order valence-electron chi connectivity index (χ2n) is 4.89. The highest BCUT2D eigenvalue weighted by molar-refractivity contribution is 6.67. The zero-order valence-corrected chi connectivity index (χ0v) is 13.9. The van der Waals surface area contributed by atoms with Crippen molar-refractivity contribution in [1.82, 2.24) is 4.90 Å². The van der Waals surface area contributed by atoms with Crippen LogP contribution in [0, 0.1) is 0 Å². The number of nitrogens with zero attached hydrogens (tertiary/aromatic N) is 1. The van der Waals surface area contributed by atoms with Crippen LogP contribution in [0.1, 0.15) is 11.6 Å². The summed E-state index contributed by atoms with van der Waals surface area (Å²) in [7, 11) is 0. The monoisotopic (exact) mass is 367 g/mol. The Balaban J connectivity index is 2.12. The Bertz CT molecular complexity index is 495. The number of hydrogen-bond acceptors (Lipinski definition) is 4. The Morgan fingerprint density at radius 1 is 1.36 bits per heavy atom. The minimum Gasteiger partial charge on any atom is -0.445 e. The van der Waals surface area contributed by atoms with Gasteiger partial charge in [0.05, 0.1) is 31.9 Å². The summed E-state index contributed by atoms with van der Waals surface area (Å²) in [5, 5.41) is 9.24. The van der Waals surface area contributed by atoms with Crippen LogP contribution >= 0.6 is 34.8 Å². The highest BCUT2D eigenvalue weighted by Gasteiger charge is 2.35. The first kappa shape index (κ1) is 17.6. The summed E-state index contributed by atoms with van der Waals surface area (Å²) < 4.78 is 8.92. The fraction of sp³-hybridized carbons (Fsp3) is 0.500. The highest BCUT2D eigenvalue weighted by Crippen LogP contribution is 2.29. The van der Waals surface area contributed by atoms with Crippen molar-refractivity contribution in [2.75, 3.05) is 26.4 Å². The van der Waals surface area contributed by atoms with Gasteiger partial charge in [-0.2, -0.15) is 0 Å². The summed E-state index contributed by atoms with van der Waals surface area (Å²) in [4.78, 5) is 13.8. The first-order chi connectivity index (χ1) is 10.4. The molecule has 1 saturated heterocycles. The number of morpholine rings is 1. The van der Waals surface area contributed by atoms with Crippen LogP contribution in [-0.4, -0.2) is 52.4 Å². The summed E-state index contributed by atoms with van der Waals surface area (Å²) in [6.07, 6.45) is -1.07. The Morgan fingerprint density at radius 2 is 2.05 bits per heavy atom. The molecule has 1 amide bonds. The van der Waals surface area contributed by atoms with E-state index in [1.165, 1.54) is 4.90 Å². The van der Waals surface area contributed by atoms with Gasteiger partial charge in [-0.25, -0.2) is 4.79 Å². The summed E-state index contributed by atoms with van der Waals surface area (Å²) in [6.45, 7) is -0.0677. The molecule has 8 heteroatoms. The predicted molar refractivity (Wildman–Crippen MR) is 84.4 cm³/mol. The van der Waals surface area contributed by atoms with E-state index in [2.05, 4.69) is 0 Å². The molecular weight excluding hydrogens is 353 g/mol. The van der Waals surface area contributed by atoms with Gasteiger partial charge in [0.15, 0.2) is 0 Å². The predicted octanol–water partition coefficient (Wildman–Crippen LogP) is 2.93. The van der Waals surface area contributed by atoms with Crippen molar-refractivity contribution in [2.45, 2.75) is 15.9 Å². The number of hydrogen-bond donors (Lipinski definition) is 1. The number of ether oxygens (including phenoxy) is 2. The van der Waals surface area contributed by atoms with Crippen LogP contribution in [0.15, 0.2) is 30.3 Å². The first-order valence-electron chi connectivity index (χ1n) is 6.68. The average molecular weight is 369 g/mol. The van der Waals surface area contributed by atoms with E-state index in [1.54, 1.807) is 0 Å². The second kappa shape index (κ2) is 7.70. The van der Waals surface area contributed by atoms with Gasteiger partial charge in [-0.3, -0.25) is 4.90 Å². The number of carbonyl (C=O) groups excluding carboxylic acids is 1. The summed E-state index contributed by atoms with van der Waals surface area (Å²) >= 11 is 16.8. The van der Waals surface area contributed by atoms with Crippen molar-refractivity contribution in [3.63, 3.8) is 0 Å². The van der Waals surface area contributed by atoms with Crippen molar-refractivity contribution < 1.29 is 19.4 Å². The molecule has 1 N–H and O–H groups in total. The van der Waals surface area contributed by atoms with E-state index in [-0.39, 0.29) is 32.4 Å².